The summed E-state index contributed by atoms with van der Waals surface area (Å²) >= 11 is 0. The molecule has 5 heteroatoms. The summed E-state index contributed by atoms with van der Waals surface area (Å²) in [5.41, 5.74) is 5.27. The standard InChI is InChI=1S/C64H64N3O.Pt/c1-61(2,3)48-29-25-42(26-30-48)44-33-34-65-55(38-44)47-36-45(41-19-14-13-15-20-41)35-46(37-47)52-22-18-24-57-58(52)66-60(53-39-50(63(7,8)9)40-54(59(53)68)64(10,11)12)67(57)56-23-17-16-21-51(56)43-27-31-49(32-28-43)62(4,5)6;/h13-36,38-40,68H,1-12H3;/q-1;/i1D3,2D3,3D3,25D,26D,29D,30D;. The van der Waals surface area contributed by atoms with Crippen molar-refractivity contribution in [2.45, 2.75) is 105 Å². The zero-order chi connectivity index (χ0) is 59.3. The van der Waals surface area contributed by atoms with E-state index in [4.69, 9.17) is 25.0 Å². The fourth-order valence-corrected chi connectivity index (χ4v) is 8.64. The van der Waals surface area contributed by atoms with Gasteiger partial charge < -0.3 is 5.11 Å². The molecule has 0 fully saturated rings. The van der Waals surface area contributed by atoms with Crippen molar-refractivity contribution in [2.24, 2.45) is 0 Å². The summed E-state index contributed by atoms with van der Waals surface area (Å²) in [7, 11) is 0. The molecule has 0 aliphatic rings. The zero-order valence-corrected chi connectivity index (χ0v) is 42.7. The molecular weight excluding hydrogens is 1020 g/mol. The summed E-state index contributed by atoms with van der Waals surface area (Å²) in [4.78, 5) is 10.3. The molecule has 0 aliphatic heterocycles. The molecule has 2 heterocycles. The molecule has 2 aromatic heterocycles. The minimum Gasteiger partial charge on any atom is -0.507 e. The van der Waals surface area contributed by atoms with Gasteiger partial charge in [0.15, 0.2) is 0 Å². The van der Waals surface area contributed by atoms with Gasteiger partial charge in [0.25, 0.3) is 0 Å². The number of hydrogen-bond acceptors (Lipinski definition) is 3. The van der Waals surface area contributed by atoms with E-state index >= 15 is 0 Å². The average Bonchev–Trinajstić information content (AvgIpc) is 3.82. The van der Waals surface area contributed by atoms with Crippen LogP contribution in [0.1, 0.15) is 123 Å². The SMILES string of the molecule is [2H]c1c([2H])c(C(C([2H])([2H])[2H])(C([2H])([2H])[2H])C([2H])([2H])[2H])c([2H])c([2H])c1-c1ccnc(-c2[c-]c(-c3cccc4c3nc(-c3cc(C(C)(C)C)cc(C(C)(C)C)c3O)n4-c3ccccc3-c3ccc(C(C)(C)C)cc3)cc(-c3ccccc3)c2)c1.[Pt]. The molecule has 0 bridgehead atoms. The van der Waals surface area contributed by atoms with Crippen molar-refractivity contribution in [3.63, 3.8) is 0 Å². The van der Waals surface area contributed by atoms with Crippen LogP contribution in [0.25, 0.3) is 83.9 Å². The van der Waals surface area contributed by atoms with Gasteiger partial charge in [-0.25, -0.2) is 4.98 Å². The van der Waals surface area contributed by atoms with Gasteiger partial charge in [0.2, 0.25) is 0 Å². The van der Waals surface area contributed by atoms with Crippen LogP contribution >= 0.6 is 0 Å². The van der Waals surface area contributed by atoms with Crippen molar-refractivity contribution in [3.8, 4) is 78.6 Å². The largest absolute Gasteiger partial charge is 0.507 e. The van der Waals surface area contributed by atoms with Crippen LogP contribution in [0.3, 0.4) is 0 Å². The van der Waals surface area contributed by atoms with Crippen LogP contribution in [0.5, 0.6) is 5.75 Å². The van der Waals surface area contributed by atoms with Gasteiger partial charge in [0.05, 0.1) is 27.8 Å². The van der Waals surface area contributed by atoms with Gasteiger partial charge in [-0.05, 0) is 84.9 Å². The molecule has 352 valence electrons. The van der Waals surface area contributed by atoms with Gasteiger partial charge in [-0.3, -0.25) is 9.55 Å². The molecule has 0 atom stereocenters. The average molecular weight is 1100 g/mol. The Morgan fingerprint density at radius 2 is 1.17 bits per heavy atom. The van der Waals surface area contributed by atoms with Crippen molar-refractivity contribution in [2.75, 3.05) is 0 Å². The molecule has 0 aliphatic carbocycles. The third kappa shape index (κ3) is 9.93. The number of rotatable bonds is 7. The maximum Gasteiger partial charge on any atom is 0.148 e. The first-order valence-corrected chi connectivity index (χ1v) is 22.9. The van der Waals surface area contributed by atoms with E-state index in [1.807, 2.05) is 78.9 Å². The number of nitrogens with zero attached hydrogens (tertiary/aromatic N) is 3. The first-order valence-electron chi connectivity index (χ1n) is 29.4. The van der Waals surface area contributed by atoms with E-state index in [1.54, 1.807) is 0 Å². The van der Waals surface area contributed by atoms with Crippen molar-refractivity contribution in [1.82, 2.24) is 14.5 Å². The number of phenolic OH excluding ortho intramolecular Hbond substituents is 1. The number of fused-ring (bicyclic) bond motifs is 1. The van der Waals surface area contributed by atoms with E-state index in [1.165, 1.54) is 23.9 Å². The second-order valence-electron chi connectivity index (χ2n) is 20.7. The molecule has 0 unspecified atom stereocenters. The second-order valence-corrected chi connectivity index (χ2v) is 20.7. The number of pyridine rings is 1. The predicted molar refractivity (Wildman–Crippen MR) is 287 cm³/mol. The molecule has 69 heavy (non-hydrogen) atoms. The summed E-state index contributed by atoms with van der Waals surface area (Å²) in [5.74, 6) is 0.632. The third-order valence-electron chi connectivity index (χ3n) is 12.5. The van der Waals surface area contributed by atoms with Crippen LogP contribution in [0.2, 0.25) is 0 Å². The summed E-state index contributed by atoms with van der Waals surface area (Å²) in [6, 6.07) is 43.1. The van der Waals surface area contributed by atoms with Gasteiger partial charge in [-0.15, -0.1) is 23.8 Å². The molecule has 0 radical (unpaired) electrons. The van der Waals surface area contributed by atoms with Crippen molar-refractivity contribution in [3.05, 3.63) is 192 Å². The first-order chi connectivity index (χ1) is 37.6. The number of phenols is 1. The van der Waals surface area contributed by atoms with E-state index in [2.05, 4.69) is 115 Å². The summed E-state index contributed by atoms with van der Waals surface area (Å²) in [5, 5.41) is 12.6. The smallest absolute Gasteiger partial charge is 0.148 e. The minimum absolute atomic E-state index is 0. The fourth-order valence-electron chi connectivity index (χ4n) is 8.64. The molecular formula is C64H64N3OPt-. The van der Waals surface area contributed by atoms with Crippen LogP contribution in [0.15, 0.2) is 164 Å². The van der Waals surface area contributed by atoms with E-state index in [0.717, 1.165) is 44.6 Å². The Morgan fingerprint density at radius 1 is 0.522 bits per heavy atom. The van der Waals surface area contributed by atoms with E-state index in [9.17, 15) is 7.85 Å². The molecule has 4 nitrogen and oxygen atoms in total. The van der Waals surface area contributed by atoms with Gasteiger partial charge in [-0.1, -0.05) is 221 Å². The number of benzene rings is 7. The molecule has 9 rings (SSSR count). The van der Waals surface area contributed by atoms with Crippen LogP contribution < -0.4 is 0 Å². The Hall–Kier alpha value is -6.35. The topological polar surface area (TPSA) is 50.9 Å². The third-order valence-corrected chi connectivity index (χ3v) is 12.5. The summed E-state index contributed by atoms with van der Waals surface area (Å²) in [6.45, 7) is 7.79. The van der Waals surface area contributed by atoms with Crippen molar-refractivity contribution in [1.29, 1.82) is 0 Å². The van der Waals surface area contributed by atoms with E-state index in [-0.39, 0.29) is 54.5 Å². The fraction of sp³-hybridized carbons (Fsp3) is 0.250. The maximum atomic E-state index is 12.6. The number of hydrogen-bond donors (Lipinski definition) is 1. The quantitative estimate of drug-likeness (QED) is 0.162. The Morgan fingerprint density at radius 3 is 1.84 bits per heavy atom. The number of para-hydroxylation sites is 2. The number of aromatic hydroxyl groups is 1. The zero-order valence-electron chi connectivity index (χ0n) is 53.4. The number of aromatic nitrogens is 3. The molecule has 0 saturated heterocycles. The summed E-state index contributed by atoms with van der Waals surface area (Å²) in [6.07, 6.45) is 1.41. The molecule has 9 aromatic rings. The van der Waals surface area contributed by atoms with Crippen molar-refractivity contribution >= 4 is 11.0 Å². The Kier molecular flexibility index (Phi) is 9.36. The van der Waals surface area contributed by atoms with Gasteiger partial charge in [-0.2, -0.15) is 0 Å². The summed E-state index contributed by atoms with van der Waals surface area (Å²) < 4.78 is 113. The van der Waals surface area contributed by atoms with Crippen LogP contribution in [0.4, 0.5) is 0 Å². The Bertz CT molecular complexity index is 3830. The monoisotopic (exact) mass is 1100 g/mol. The maximum absolute atomic E-state index is 12.6. The molecule has 7 aromatic carbocycles. The first kappa shape index (κ1) is 34.9. The molecule has 0 saturated carbocycles. The van der Waals surface area contributed by atoms with Crippen molar-refractivity contribution < 1.29 is 44.0 Å². The van der Waals surface area contributed by atoms with E-state index in [0.29, 0.717) is 33.6 Å². The van der Waals surface area contributed by atoms with Crippen LogP contribution in [-0.4, -0.2) is 19.6 Å². The molecule has 0 amide bonds. The van der Waals surface area contributed by atoms with Gasteiger partial charge >= 0.3 is 0 Å². The molecule has 0 spiro atoms. The molecule has 1 N–H and O–H groups in total. The minimum atomic E-state index is -3.82. The van der Waals surface area contributed by atoms with Crippen LogP contribution in [0, 0.1) is 6.07 Å². The normalized spacial score (nSPS) is 15.6. The second kappa shape index (κ2) is 18.5. The predicted octanol–water partition coefficient (Wildman–Crippen LogP) is 17.1. The number of imidazole rings is 1. The van der Waals surface area contributed by atoms with E-state index < -0.39 is 61.1 Å². The Labute approximate surface area is 443 Å². The Balaban J connectivity index is 0.00000880. The van der Waals surface area contributed by atoms with Crippen LogP contribution in [-0.2, 0) is 42.7 Å². The van der Waals surface area contributed by atoms with Gasteiger partial charge in [0, 0.05) is 56.4 Å². The van der Waals surface area contributed by atoms with Gasteiger partial charge in [0.1, 0.15) is 11.6 Å².